The topological polar surface area (TPSA) is 71.4 Å². The zero-order valence-electron chi connectivity index (χ0n) is 19.7. The van der Waals surface area contributed by atoms with E-state index < -0.39 is 35.9 Å². The van der Waals surface area contributed by atoms with Crippen molar-refractivity contribution >= 4 is 24.0 Å². The second-order valence-corrected chi connectivity index (χ2v) is 15.8. The van der Waals surface area contributed by atoms with Crippen LogP contribution < -0.4 is 0 Å². The minimum Gasteiger partial charge on any atom is -0.285 e. The molecule has 0 aromatic rings. The van der Waals surface area contributed by atoms with Gasteiger partial charge < -0.3 is 0 Å². The minimum absolute atomic E-state index is 0.556. The normalized spacial score (nSPS) is 32.8. The molecule has 0 saturated heterocycles. The van der Waals surface area contributed by atoms with Gasteiger partial charge in [0, 0.05) is 0 Å². The summed E-state index contributed by atoms with van der Waals surface area (Å²) in [6.07, 6.45) is 2.98. The van der Waals surface area contributed by atoms with Gasteiger partial charge in [-0.3, -0.25) is 4.55 Å². The minimum atomic E-state index is -4.91. The molecule has 2 saturated carbocycles. The maximum atomic E-state index is 13.7. The first-order valence-electron chi connectivity index (χ1n) is 11.4. The average molecular weight is 538 g/mol. The van der Waals surface area contributed by atoms with Crippen LogP contribution >= 0.6 is 0 Å². The fraction of sp³-hybridized carbons (Fsp3) is 1.00. The van der Waals surface area contributed by atoms with E-state index in [0.29, 0.717) is 21.5 Å². The molecule has 1 N–H and O–H groups in total. The van der Waals surface area contributed by atoms with E-state index in [1.807, 2.05) is 0 Å². The van der Waals surface area contributed by atoms with E-state index in [1.165, 1.54) is 38.5 Å². The van der Waals surface area contributed by atoms with Crippen LogP contribution in [0.4, 0.5) is 13.2 Å². The van der Waals surface area contributed by atoms with Crippen molar-refractivity contribution in [3.05, 3.63) is 0 Å². The van der Waals surface area contributed by atoms with E-state index in [4.69, 9.17) is 4.55 Å². The molecule has 0 aliphatic heterocycles. The van der Waals surface area contributed by atoms with Gasteiger partial charge in [-0.2, -0.15) is 21.6 Å². The molecule has 2 aliphatic rings. The van der Waals surface area contributed by atoms with Gasteiger partial charge in [-0.25, -0.2) is 0 Å². The van der Waals surface area contributed by atoms with Gasteiger partial charge in [0.1, 0.15) is 0 Å². The van der Waals surface area contributed by atoms with Gasteiger partial charge in [-0.1, -0.05) is 0 Å². The van der Waals surface area contributed by atoms with Crippen molar-refractivity contribution in [2.45, 2.75) is 95.9 Å². The first-order valence-corrected chi connectivity index (χ1v) is 15.7. The number of hydrogen-bond donors (Lipinski definition) is 1. The molecule has 186 valence electrons. The Morgan fingerprint density at radius 3 is 1.45 bits per heavy atom. The van der Waals surface area contributed by atoms with Gasteiger partial charge >= 0.3 is 149 Å². The molecule has 2 fully saturated rings. The molecule has 0 amide bonds. The molecule has 0 aromatic carbocycles. The summed E-state index contributed by atoms with van der Waals surface area (Å²) in [5.74, 6) is 2.26. The van der Waals surface area contributed by atoms with Crippen molar-refractivity contribution in [1.29, 1.82) is 0 Å². The summed E-state index contributed by atoms with van der Waals surface area (Å²) in [5.41, 5.74) is 0. The summed E-state index contributed by atoms with van der Waals surface area (Å²) in [7, 11) is -4.91. The van der Waals surface area contributed by atoms with Crippen LogP contribution in [0.3, 0.4) is 0 Å². The number of hydrogen-bond acceptors (Lipinski definition) is 3. The summed E-state index contributed by atoms with van der Waals surface area (Å²) in [6.45, 7) is 14.2. The molecule has 0 radical (unpaired) electrons. The Labute approximate surface area is 191 Å². The number of halogens is 3. The zero-order chi connectivity index (χ0) is 24.1. The summed E-state index contributed by atoms with van der Waals surface area (Å²) in [4.78, 5) is 1.11. The van der Waals surface area contributed by atoms with Crippen molar-refractivity contribution < 1.29 is 30.0 Å². The van der Waals surface area contributed by atoms with Gasteiger partial charge in [-0.05, 0) is 0 Å². The smallest absolute Gasteiger partial charge is 0.285 e. The van der Waals surface area contributed by atoms with Crippen molar-refractivity contribution in [3.63, 3.8) is 0 Å². The molecule has 9 heteroatoms. The van der Waals surface area contributed by atoms with Crippen LogP contribution in [0.1, 0.15) is 80.1 Å². The maximum absolute atomic E-state index is 13.7. The Hall–Kier alpha value is 0.0195. The zero-order valence-corrected chi connectivity index (χ0v) is 22.2. The molecule has 0 bridgehead atoms. The van der Waals surface area contributed by atoms with E-state index in [-0.39, 0.29) is 0 Å². The molecule has 0 heterocycles. The second-order valence-electron chi connectivity index (χ2n) is 10.4. The first-order chi connectivity index (χ1) is 14.0. The predicted octanol–water partition coefficient (Wildman–Crippen LogP) is 6.77. The molecule has 2 rings (SSSR count). The quantitative estimate of drug-likeness (QED) is 0.310. The Morgan fingerprint density at radius 1 is 0.871 bits per heavy atom. The van der Waals surface area contributed by atoms with Crippen molar-refractivity contribution in [3.8, 4) is 0 Å². The Kier molecular flexibility index (Phi) is 11.2. The molecule has 6 atom stereocenters. The van der Waals surface area contributed by atoms with Crippen LogP contribution in [0.15, 0.2) is 0 Å². The van der Waals surface area contributed by atoms with Crippen molar-refractivity contribution in [1.82, 2.24) is 0 Å². The van der Waals surface area contributed by atoms with Gasteiger partial charge in [0.05, 0.1) is 0 Å². The molecular formula is C22H41F3O4SSe. The second kappa shape index (κ2) is 11.9. The molecule has 0 spiro atoms. The molecule has 0 unspecified atom stereocenters. The Balaban J connectivity index is 0.000000452. The van der Waals surface area contributed by atoms with E-state index in [0.717, 1.165) is 23.7 Å². The van der Waals surface area contributed by atoms with Gasteiger partial charge in [0.25, 0.3) is 10.1 Å². The van der Waals surface area contributed by atoms with Crippen LogP contribution in [0.2, 0.25) is 9.63 Å². The maximum Gasteiger partial charge on any atom is 0.405 e. The summed E-state index contributed by atoms with van der Waals surface area (Å²) in [5, 5.41) is 0. The SMILES string of the molecule is CC(C)[C@@H]1CC[C@@H](C)C[C@H]1[Se](=O)[C@@H]1C[C@H](C)CC[C@H]1C(C)C.O=S(=O)(O)CC(F)(F)F. The third-order valence-electron chi connectivity index (χ3n) is 6.87. The largest absolute Gasteiger partial charge is 0.405 e. The Bertz CT molecular complexity index is 645. The van der Waals surface area contributed by atoms with E-state index >= 15 is 0 Å². The summed E-state index contributed by atoms with van der Waals surface area (Å²) >= 11 is -1.76. The standard InChI is InChI=1S/C20H38OSe.C2H3F3O3S/c1-13(2)17-9-7-15(5)11-19(17)22(21)20-12-16(6)8-10-18(20)14(3)4;3-2(4,5)1-9(6,7)8/h13-20H,7-12H2,1-6H3;1H2,(H,6,7,8)/t15-,16-,17+,18+,19-,20-;/m1./s1. The Morgan fingerprint density at radius 2 is 1.23 bits per heavy atom. The fourth-order valence-corrected chi connectivity index (χ4v) is 12.1. The van der Waals surface area contributed by atoms with E-state index in [9.17, 15) is 25.4 Å². The van der Waals surface area contributed by atoms with Crippen molar-refractivity contribution in [2.24, 2.45) is 35.5 Å². The number of rotatable bonds is 5. The van der Waals surface area contributed by atoms with Gasteiger partial charge in [0.15, 0.2) is 5.75 Å². The van der Waals surface area contributed by atoms with Crippen molar-refractivity contribution in [2.75, 3.05) is 5.75 Å². The fourth-order valence-electron chi connectivity index (χ4n) is 5.19. The van der Waals surface area contributed by atoms with Crippen LogP contribution in [0, 0.1) is 35.5 Å². The van der Waals surface area contributed by atoms with Crippen LogP contribution in [0.25, 0.3) is 0 Å². The van der Waals surface area contributed by atoms with Crippen LogP contribution in [-0.2, 0) is 14.0 Å². The molecule has 2 aliphatic carbocycles. The van der Waals surface area contributed by atoms with E-state index in [1.54, 1.807) is 0 Å². The monoisotopic (exact) mass is 538 g/mol. The van der Waals surface area contributed by atoms with Crippen LogP contribution in [0.5, 0.6) is 0 Å². The molecule has 31 heavy (non-hydrogen) atoms. The van der Waals surface area contributed by atoms with Crippen LogP contribution in [-0.4, -0.2) is 38.7 Å². The third-order valence-corrected chi connectivity index (χ3v) is 12.3. The van der Waals surface area contributed by atoms with E-state index in [2.05, 4.69) is 41.5 Å². The number of alkyl halides is 3. The summed E-state index contributed by atoms with van der Waals surface area (Å²) < 4.78 is 73.3. The third kappa shape index (κ3) is 10.2. The first kappa shape index (κ1) is 29.1. The predicted molar refractivity (Wildman–Crippen MR) is 119 cm³/mol. The summed E-state index contributed by atoms with van der Waals surface area (Å²) in [6, 6.07) is 0. The molecule has 4 nitrogen and oxygen atoms in total. The van der Waals surface area contributed by atoms with Gasteiger partial charge in [-0.15, -0.1) is 0 Å². The molecule has 0 aromatic heterocycles. The molecular weight excluding hydrogens is 496 g/mol. The van der Waals surface area contributed by atoms with Gasteiger partial charge in [0.2, 0.25) is 0 Å². The average Bonchev–Trinajstić information content (AvgIpc) is 2.57.